The molecule has 0 atom stereocenters. The number of carbonyl (C=O) groups is 1. The Kier molecular flexibility index (Phi) is 6.24. The van der Waals surface area contributed by atoms with Crippen LogP contribution in [-0.2, 0) is 14.8 Å². The molecule has 0 fully saturated rings. The fourth-order valence-corrected chi connectivity index (χ4v) is 4.17. The summed E-state index contributed by atoms with van der Waals surface area (Å²) in [5, 5.41) is 3.03. The van der Waals surface area contributed by atoms with Gasteiger partial charge in [0.25, 0.3) is 10.0 Å². The number of aryl methyl sites for hydroxylation is 2. The van der Waals surface area contributed by atoms with Gasteiger partial charge in [-0.2, -0.15) is 0 Å². The topological polar surface area (TPSA) is 131 Å². The Bertz CT molecular complexity index is 1560. The lowest BCUT2D eigenvalue weighted by molar-refractivity contribution is -0.111. The number of fused-ring (bicyclic) bond motifs is 1. The monoisotopic (exact) mass is 476 g/mol. The van der Waals surface area contributed by atoms with Crippen LogP contribution in [-0.4, -0.2) is 24.3 Å². The summed E-state index contributed by atoms with van der Waals surface area (Å²) in [6.07, 6.45) is 3.85. The van der Waals surface area contributed by atoms with E-state index in [1.165, 1.54) is 42.7 Å². The molecule has 4 rings (SSSR count). The lowest BCUT2D eigenvalue weighted by Gasteiger charge is -2.09. The van der Waals surface area contributed by atoms with Crippen LogP contribution in [0.3, 0.4) is 0 Å². The Balaban J connectivity index is 1.44. The molecule has 1 amide bonds. The zero-order valence-electron chi connectivity index (χ0n) is 18.3. The second kappa shape index (κ2) is 9.28. The van der Waals surface area contributed by atoms with Crippen molar-refractivity contribution in [2.45, 2.75) is 18.7 Å². The molecule has 0 aliphatic carbocycles. The van der Waals surface area contributed by atoms with Crippen molar-refractivity contribution in [1.29, 1.82) is 0 Å². The molecule has 172 valence electrons. The Hall–Kier alpha value is -4.31. The van der Waals surface area contributed by atoms with Gasteiger partial charge in [-0.25, -0.2) is 23.1 Å². The molecule has 0 bridgehead atoms. The van der Waals surface area contributed by atoms with E-state index in [4.69, 9.17) is 4.42 Å². The fraction of sp³-hybridized carbons (Fsp3) is 0.0833. The number of nitrogens with zero attached hydrogens (tertiary/aromatic N) is 2. The van der Waals surface area contributed by atoms with Crippen LogP contribution in [0, 0.1) is 13.8 Å². The van der Waals surface area contributed by atoms with E-state index in [9.17, 15) is 18.0 Å². The minimum atomic E-state index is -3.91. The van der Waals surface area contributed by atoms with Crippen LogP contribution < -0.4 is 15.5 Å². The van der Waals surface area contributed by atoms with Gasteiger partial charge in [0.2, 0.25) is 11.9 Å². The van der Waals surface area contributed by atoms with Crippen molar-refractivity contribution >= 4 is 44.6 Å². The van der Waals surface area contributed by atoms with Gasteiger partial charge in [0.05, 0.1) is 15.8 Å². The van der Waals surface area contributed by atoms with Gasteiger partial charge in [-0.3, -0.25) is 9.59 Å². The first-order valence-electron chi connectivity index (χ1n) is 10.2. The van der Waals surface area contributed by atoms with Crippen LogP contribution in [0.1, 0.15) is 17.0 Å². The van der Waals surface area contributed by atoms with E-state index < -0.39 is 15.9 Å². The number of hydrogen-bond donors (Lipinski definition) is 2. The average Bonchev–Trinajstić information content (AvgIpc) is 2.78. The van der Waals surface area contributed by atoms with E-state index in [1.807, 2.05) is 0 Å². The molecular formula is C24H20N4O5S. The van der Waals surface area contributed by atoms with Gasteiger partial charge in [-0.05, 0) is 62.4 Å². The summed E-state index contributed by atoms with van der Waals surface area (Å²) in [6, 6.07) is 14.2. The van der Waals surface area contributed by atoms with Crippen LogP contribution >= 0.6 is 0 Å². The van der Waals surface area contributed by atoms with Crippen LogP contribution in [0.4, 0.5) is 11.6 Å². The van der Waals surface area contributed by atoms with E-state index in [2.05, 4.69) is 20.0 Å². The number of sulfonamides is 1. The largest absolute Gasteiger partial charge is 0.463 e. The Labute approximate surface area is 195 Å². The molecule has 9 nitrogen and oxygen atoms in total. The van der Waals surface area contributed by atoms with Gasteiger partial charge in [0, 0.05) is 23.2 Å². The van der Waals surface area contributed by atoms with Gasteiger partial charge in [-0.1, -0.05) is 12.1 Å². The van der Waals surface area contributed by atoms with Crippen molar-refractivity contribution in [2.75, 3.05) is 10.0 Å². The second-order valence-electron chi connectivity index (χ2n) is 7.44. The number of carbonyl (C=O) groups excluding carboxylic acids is 1. The van der Waals surface area contributed by atoms with E-state index in [0.29, 0.717) is 28.0 Å². The number of nitrogens with one attached hydrogen (secondary N) is 2. The lowest BCUT2D eigenvalue weighted by atomic mass is 10.1. The molecule has 0 saturated heterocycles. The van der Waals surface area contributed by atoms with Crippen LogP contribution in [0.2, 0.25) is 0 Å². The SMILES string of the molecule is Cc1cc(C)nc(NS(=O)(=O)c2ccc(NC(=O)C=Cc3coc4ccccc4c3=O)cc2)n1. The highest BCUT2D eigenvalue weighted by atomic mass is 32.2. The first-order chi connectivity index (χ1) is 16.2. The number of aromatic nitrogens is 2. The van der Waals surface area contributed by atoms with Gasteiger partial charge < -0.3 is 9.73 Å². The standard InChI is InChI=1S/C24H20N4O5S/c1-15-13-16(2)26-24(25-15)28-34(31,32)19-10-8-18(9-11-19)27-22(29)12-7-17-14-33-21-6-4-3-5-20(21)23(17)30/h3-14H,1-2H3,(H,27,29)(H,25,26,28). The molecule has 0 unspecified atom stereocenters. The molecule has 2 heterocycles. The predicted octanol–water partition coefficient (Wildman–Crippen LogP) is 3.65. The number of rotatable bonds is 6. The second-order valence-corrected chi connectivity index (χ2v) is 9.13. The normalized spacial score (nSPS) is 11.6. The maximum atomic E-state index is 12.6. The van der Waals surface area contributed by atoms with E-state index >= 15 is 0 Å². The molecule has 34 heavy (non-hydrogen) atoms. The first kappa shape index (κ1) is 22.9. The molecule has 10 heteroatoms. The van der Waals surface area contributed by atoms with Crippen molar-refractivity contribution in [3.63, 3.8) is 0 Å². The highest BCUT2D eigenvalue weighted by Gasteiger charge is 2.16. The van der Waals surface area contributed by atoms with Gasteiger partial charge in [0.15, 0.2) is 5.43 Å². The Morgan fingerprint density at radius 1 is 1.00 bits per heavy atom. The fourth-order valence-electron chi connectivity index (χ4n) is 3.23. The number of hydrogen-bond acceptors (Lipinski definition) is 7. The van der Waals surface area contributed by atoms with E-state index in [1.54, 1.807) is 44.2 Å². The highest BCUT2D eigenvalue weighted by Crippen LogP contribution is 2.17. The molecule has 0 aliphatic rings. The van der Waals surface area contributed by atoms with Gasteiger partial charge in [0.1, 0.15) is 11.8 Å². The molecule has 0 saturated carbocycles. The predicted molar refractivity (Wildman–Crippen MR) is 129 cm³/mol. The van der Waals surface area contributed by atoms with Gasteiger partial charge >= 0.3 is 0 Å². The summed E-state index contributed by atoms with van der Waals surface area (Å²) in [6.45, 7) is 3.48. The number of benzene rings is 2. The number of amides is 1. The Morgan fingerprint density at radius 2 is 1.68 bits per heavy atom. The summed E-state index contributed by atoms with van der Waals surface area (Å²) in [5.41, 5.74) is 2.09. The third-order valence-corrected chi connectivity index (χ3v) is 6.11. The van der Waals surface area contributed by atoms with Crippen LogP contribution in [0.5, 0.6) is 0 Å². The summed E-state index contributed by atoms with van der Waals surface area (Å²) in [7, 11) is -3.91. The van der Waals surface area contributed by atoms with Crippen molar-refractivity contribution in [3.05, 3.63) is 94.1 Å². The van der Waals surface area contributed by atoms with Crippen molar-refractivity contribution in [2.24, 2.45) is 0 Å². The van der Waals surface area contributed by atoms with Gasteiger partial charge in [-0.15, -0.1) is 0 Å². The highest BCUT2D eigenvalue weighted by molar-refractivity contribution is 7.92. The third-order valence-electron chi connectivity index (χ3n) is 4.76. The summed E-state index contributed by atoms with van der Waals surface area (Å²) in [4.78, 5) is 32.9. The molecule has 0 aliphatic heterocycles. The average molecular weight is 477 g/mol. The lowest BCUT2D eigenvalue weighted by Crippen LogP contribution is -2.16. The molecule has 2 N–H and O–H groups in total. The zero-order valence-corrected chi connectivity index (χ0v) is 19.1. The molecule has 0 radical (unpaired) electrons. The van der Waals surface area contributed by atoms with Crippen LogP contribution in [0.15, 0.2) is 81.0 Å². The maximum Gasteiger partial charge on any atom is 0.264 e. The molecular weight excluding hydrogens is 456 g/mol. The van der Waals surface area contributed by atoms with Crippen molar-refractivity contribution in [3.8, 4) is 0 Å². The summed E-state index contributed by atoms with van der Waals surface area (Å²) < 4.78 is 33.0. The zero-order chi connectivity index (χ0) is 24.3. The Morgan fingerprint density at radius 3 is 2.38 bits per heavy atom. The summed E-state index contributed by atoms with van der Waals surface area (Å²) in [5.74, 6) is -0.511. The smallest absolute Gasteiger partial charge is 0.264 e. The molecule has 2 aromatic heterocycles. The number of anilines is 2. The van der Waals surface area contributed by atoms with Crippen LogP contribution in [0.25, 0.3) is 17.0 Å². The van der Waals surface area contributed by atoms with Crippen molar-refractivity contribution in [1.82, 2.24) is 9.97 Å². The van der Waals surface area contributed by atoms with E-state index in [0.717, 1.165) is 0 Å². The number of para-hydroxylation sites is 1. The first-order valence-corrected chi connectivity index (χ1v) is 11.6. The van der Waals surface area contributed by atoms with Crippen molar-refractivity contribution < 1.29 is 17.6 Å². The van der Waals surface area contributed by atoms with E-state index in [-0.39, 0.29) is 21.8 Å². The molecule has 2 aromatic carbocycles. The molecule has 4 aromatic rings. The maximum absolute atomic E-state index is 12.6. The third kappa shape index (κ3) is 5.18. The minimum Gasteiger partial charge on any atom is -0.463 e. The quantitative estimate of drug-likeness (QED) is 0.406. The molecule has 0 spiro atoms. The minimum absolute atomic E-state index is 0.0156. The summed E-state index contributed by atoms with van der Waals surface area (Å²) >= 11 is 0.